The molecule has 1 aliphatic heterocycles. The predicted octanol–water partition coefficient (Wildman–Crippen LogP) is 0.0707. The van der Waals surface area contributed by atoms with Crippen molar-refractivity contribution in [2.24, 2.45) is 5.92 Å². The van der Waals surface area contributed by atoms with Gasteiger partial charge in [-0.1, -0.05) is 13.8 Å². The first-order valence-electron chi connectivity index (χ1n) is 6.31. The molecule has 0 spiro atoms. The Morgan fingerprint density at radius 3 is 2.84 bits per heavy atom. The van der Waals surface area contributed by atoms with Crippen LogP contribution in [0.1, 0.15) is 24.3 Å². The van der Waals surface area contributed by atoms with Crippen molar-refractivity contribution in [2.45, 2.75) is 26.0 Å². The van der Waals surface area contributed by atoms with Crippen LogP contribution >= 0.6 is 11.3 Å². The Balaban J connectivity index is 1.96. The summed E-state index contributed by atoms with van der Waals surface area (Å²) >= 11 is 1.39. The number of rotatable bonds is 5. The van der Waals surface area contributed by atoms with E-state index in [2.05, 4.69) is 10.3 Å². The fraction of sp³-hybridized carbons (Fsp3) is 0.667. The molecule has 3 N–H and O–H groups in total. The number of aliphatic hydroxyl groups is 2. The van der Waals surface area contributed by atoms with Crippen LogP contribution < -0.4 is 10.2 Å². The van der Waals surface area contributed by atoms with E-state index in [0.717, 1.165) is 5.13 Å². The van der Waals surface area contributed by atoms with Crippen LogP contribution in [0.3, 0.4) is 0 Å². The summed E-state index contributed by atoms with van der Waals surface area (Å²) in [6.07, 6.45) is -0.291. The molecule has 0 aromatic carbocycles. The molecule has 1 atom stereocenters. The minimum absolute atomic E-state index is 0.0846. The fourth-order valence-electron chi connectivity index (χ4n) is 1.79. The fourth-order valence-corrected chi connectivity index (χ4v) is 2.62. The van der Waals surface area contributed by atoms with Crippen molar-refractivity contribution in [3.8, 4) is 0 Å². The third kappa shape index (κ3) is 3.23. The number of hydrogen-bond donors (Lipinski definition) is 3. The van der Waals surface area contributed by atoms with Crippen LogP contribution in [0, 0.1) is 5.92 Å². The van der Waals surface area contributed by atoms with E-state index < -0.39 is 0 Å². The first kappa shape index (κ1) is 14.2. The summed E-state index contributed by atoms with van der Waals surface area (Å²) in [6.45, 7) is 4.93. The highest BCUT2D eigenvalue weighted by Gasteiger charge is 2.27. The van der Waals surface area contributed by atoms with Crippen LogP contribution in [-0.2, 0) is 0 Å². The van der Waals surface area contributed by atoms with E-state index in [9.17, 15) is 15.0 Å². The lowest BCUT2D eigenvalue weighted by Crippen LogP contribution is -2.50. The predicted molar refractivity (Wildman–Crippen MR) is 73.5 cm³/mol. The summed E-state index contributed by atoms with van der Waals surface area (Å²) < 4.78 is 0. The Kier molecular flexibility index (Phi) is 4.38. The van der Waals surface area contributed by atoms with Crippen molar-refractivity contribution < 1.29 is 15.0 Å². The molecule has 2 rings (SSSR count). The van der Waals surface area contributed by atoms with E-state index in [1.54, 1.807) is 5.38 Å². The highest BCUT2D eigenvalue weighted by atomic mass is 32.1. The van der Waals surface area contributed by atoms with Crippen LogP contribution in [0.2, 0.25) is 0 Å². The van der Waals surface area contributed by atoms with Gasteiger partial charge < -0.3 is 20.4 Å². The number of carbonyl (C=O) groups excluding carboxylic acids is 1. The number of nitrogens with one attached hydrogen (secondary N) is 1. The number of β-amino-alcohol motifs (C(OH)–C–C–N with tert-alkyl or cyclic N) is 1. The number of nitrogens with zero attached hydrogens (tertiary/aromatic N) is 2. The van der Waals surface area contributed by atoms with Gasteiger partial charge >= 0.3 is 0 Å². The first-order chi connectivity index (χ1) is 9.01. The lowest BCUT2D eigenvalue weighted by Gasteiger charge is -2.35. The van der Waals surface area contributed by atoms with Crippen LogP contribution in [0.25, 0.3) is 0 Å². The van der Waals surface area contributed by atoms with Crippen molar-refractivity contribution in [1.29, 1.82) is 0 Å². The van der Waals surface area contributed by atoms with Gasteiger partial charge in [-0.3, -0.25) is 4.79 Å². The van der Waals surface area contributed by atoms with Gasteiger partial charge in [-0.05, 0) is 5.92 Å². The monoisotopic (exact) mass is 285 g/mol. The number of aromatic nitrogens is 1. The highest BCUT2D eigenvalue weighted by Crippen LogP contribution is 2.25. The molecule has 0 radical (unpaired) electrons. The molecule has 1 aromatic heterocycles. The van der Waals surface area contributed by atoms with Crippen molar-refractivity contribution in [2.75, 3.05) is 24.6 Å². The number of anilines is 1. The minimum Gasteiger partial charge on any atom is -0.394 e. The third-order valence-corrected chi connectivity index (χ3v) is 4.08. The third-order valence-electron chi connectivity index (χ3n) is 3.18. The van der Waals surface area contributed by atoms with Gasteiger partial charge in [-0.15, -0.1) is 11.3 Å². The van der Waals surface area contributed by atoms with Crippen LogP contribution in [0.4, 0.5) is 5.13 Å². The van der Waals surface area contributed by atoms with Gasteiger partial charge in [0.15, 0.2) is 5.13 Å². The largest absolute Gasteiger partial charge is 0.394 e. The molecule has 1 fully saturated rings. The van der Waals surface area contributed by atoms with E-state index in [-0.39, 0.29) is 30.6 Å². The minimum atomic E-state index is -0.291. The SMILES string of the molecule is CC(C)[C@@H](CO)NC(=O)c1csc(N2CC(O)C2)n1. The Morgan fingerprint density at radius 1 is 1.63 bits per heavy atom. The molecular formula is C12H19N3O3S. The first-order valence-corrected chi connectivity index (χ1v) is 7.19. The standard InChI is InChI=1S/C12H19N3O3S/c1-7(2)9(5-16)13-11(18)10-6-19-12(14-10)15-3-8(17)4-15/h6-9,16-17H,3-5H2,1-2H3,(H,13,18)/t9-/m1/s1. The smallest absolute Gasteiger partial charge is 0.271 e. The number of hydrogen-bond acceptors (Lipinski definition) is 6. The van der Waals surface area contributed by atoms with E-state index in [0.29, 0.717) is 18.8 Å². The zero-order chi connectivity index (χ0) is 14.0. The maximum absolute atomic E-state index is 12.0. The molecule has 1 aromatic rings. The molecule has 1 saturated heterocycles. The maximum Gasteiger partial charge on any atom is 0.271 e. The van der Waals surface area contributed by atoms with Gasteiger partial charge in [0, 0.05) is 18.5 Å². The van der Waals surface area contributed by atoms with Crippen molar-refractivity contribution in [3.05, 3.63) is 11.1 Å². The summed E-state index contributed by atoms with van der Waals surface area (Å²) in [7, 11) is 0. The van der Waals surface area contributed by atoms with Crippen molar-refractivity contribution in [1.82, 2.24) is 10.3 Å². The molecule has 2 heterocycles. The zero-order valence-electron chi connectivity index (χ0n) is 11.0. The number of carbonyl (C=O) groups is 1. The number of aliphatic hydroxyl groups excluding tert-OH is 2. The molecule has 6 nitrogen and oxygen atoms in total. The van der Waals surface area contributed by atoms with E-state index in [1.165, 1.54) is 11.3 Å². The van der Waals surface area contributed by atoms with E-state index in [4.69, 9.17) is 0 Å². The molecule has 7 heteroatoms. The number of thiazole rings is 1. The van der Waals surface area contributed by atoms with Gasteiger partial charge in [0.2, 0.25) is 0 Å². The average Bonchev–Trinajstić information content (AvgIpc) is 2.80. The number of amides is 1. The molecule has 1 amide bonds. The van der Waals surface area contributed by atoms with E-state index >= 15 is 0 Å². The maximum atomic E-state index is 12.0. The Bertz CT molecular complexity index is 443. The summed E-state index contributed by atoms with van der Waals surface area (Å²) in [6, 6.07) is -0.261. The second kappa shape index (κ2) is 5.85. The van der Waals surface area contributed by atoms with Gasteiger partial charge in [-0.25, -0.2) is 4.98 Å². The van der Waals surface area contributed by atoms with Gasteiger partial charge in [0.25, 0.3) is 5.91 Å². The Morgan fingerprint density at radius 2 is 2.32 bits per heavy atom. The second-order valence-corrected chi connectivity index (χ2v) is 5.92. The Labute approximate surface area is 116 Å². The van der Waals surface area contributed by atoms with E-state index in [1.807, 2.05) is 18.7 Å². The topological polar surface area (TPSA) is 85.7 Å². The zero-order valence-corrected chi connectivity index (χ0v) is 11.9. The molecule has 1 aliphatic rings. The van der Waals surface area contributed by atoms with Crippen molar-refractivity contribution >= 4 is 22.4 Å². The lowest BCUT2D eigenvalue weighted by atomic mass is 10.1. The molecule has 0 bridgehead atoms. The highest BCUT2D eigenvalue weighted by molar-refractivity contribution is 7.14. The molecule has 106 valence electrons. The second-order valence-electron chi connectivity index (χ2n) is 5.08. The van der Waals surface area contributed by atoms with Crippen LogP contribution in [-0.4, -0.2) is 52.9 Å². The normalized spacial score (nSPS) is 17.4. The van der Waals surface area contributed by atoms with Crippen LogP contribution in [0.5, 0.6) is 0 Å². The molecule has 0 aliphatic carbocycles. The average molecular weight is 285 g/mol. The van der Waals surface area contributed by atoms with Gasteiger partial charge in [-0.2, -0.15) is 0 Å². The molecule has 19 heavy (non-hydrogen) atoms. The molecule has 0 saturated carbocycles. The summed E-state index contributed by atoms with van der Waals surface area (Å²) in [4.78, 5) is 18.2. The van der Waals surface area contributed by atoms with Crippen molar-refractivity contribution in [3.63, 3.8) is 0 Å². The molecular weight excluding hydrogens is 266 g/mol. The summed E-state index contributed by atoms with van der Waals surface area (Å²) in [5.74, 6) is -0.103. The summed E-state index contributed by atoms with van der Waals surface area (Å²) in [5.41, 5.74) is 0.362. The van der Waals surface area contributed by atoms with Gasteiger partial charge in [0.05, 0.1) is 18.8 Å². The quantitative estimate of drug-likeness (QED) is 0.713. The Hall–Kier alpha value is -1.18. The summed E-state index contributed by atoms with van der Waals surface area (Å²) in [5, 5.41) is 23.6. The van der Waals surface area contributed by atoms with Crippen LogP contribution in [0.15, 0.2) is 5.38 Å². The van der Waals surface area contributed by atoms with Gasteiger partial charge in [0.1, 0.15) is 5.69 Å². The lowest BCUT2D eigenvalue weighted by molar-refractivity contribution is 0.0892. The molecule has 0 unspecified atom stereocenters.